The highest BCUT2D eigenvalue weighted by molar-refractivity contribution is 5.95. The molecule has 1 saturated carbocycles. The lowest BCUT2D eigenvalue weighted by molar-refractivity contribution is -0.155. The van der Waals surface area contributed by atoms with Crippen molar-refractivity contribution >= 4 is 29.3 Å². The fourth-order valence-corrected chi connectivity index (χ4v) is 7.96. The van der Waals surface area contributed by atoms with E-state index in [2.05, 4.69) is 29.6 Å². The second-order valence-electron chi connectivity index (χ2n) is 15.5. The number of aromatic hydroxyl groups is 1. The number of hydrogen-bond donors (Lipinski definition) is 4. The van der Waals surface area contributed by atoms with Crippen molar-refractivity contribution in [2.24, 2.45) is 16.7 Å². The number of nitrogens with zero attached hydrogens (tertiary/aromatic N) is 2. The third-order valence-corrected chi connectivity index (χ3v) is 11.4. The molecule has 11 nitrogen and oxygen atoms in total. The fraction of sp³-hybridized carbons (Fsp3) is 0.641. The van der Waals surface area contributed by atoms with Gasteiger partial charge in [0.2, 0.25) is 11.8 Å². The Morgan fingerprint density at radius 2 is 1.90 bits per heavy atom. The quantitative estimate of drug-likeness (QED) is 0.178. The van der Waals surface area contributed by atoms with Crippen LogP contribution in [-0.4, -0.2) is 89.6 Å². The number of benzene rings is 1. The van der Waals surface area contributed by atoms with Crippen LogP contribution in [0, 0.1) is 16.7 Å². The van der Waals surface area contributed by atoms with Crippen LogP contribution in [-0.2, 0) is 30.3 Å². The third kappa shape index (κ3) is 8.42. The van der Waals surface area contributed by atoms with Gasteiger partial charge in [0.1, 0.15) is 23.9 Å². The molecule has 274 valence electrons. The van der Waals surface area contributed by atoms with Gasteiger partial charge in [0.15, 0.2) is 0 Å². The second kappa shape index (κ2) is 16.1. The summed E-state index contributed by atoms with van der Waals surface area (Å²) >= 11 is 0. The number of hydrogen-bond acceptors (Lipinski definition) is 8. The molecule has 4 fully saturated rings. The standard InChI is InChI=1S/C39H57N5O6/c1-6-27(7-2)29-20-26(21-30(45)23-29)22-32(35(47)44-18-11-14-31(42-44)36(48)50-25-38(4,5)8-3)41-34(46)33(28-12-9-10-13-28)43-19-16-39(37(43)49)15-17-40-24-39/h6-7,20-21,23,28,31-33,40,42,45H,1,8-19,22,24-25H2,2-5H3,(H,41,46)/b27-7+/t31-,32-,33-,39-/m0/s1. The van der Waals surface area contributed by atoms with Gasteiger partial charge in [-0.3, -0.25) is 24.2 Å². The van der Waals surface area contributed by atoms with Crippen LogP contribution in [0.3, 0.4) is 0 Å². The molecule has 3 saturated heterocycles. The number of likely N-dealkylation sites (tertiary alicyclic amines) is 1. The minimum atomic E-state index is -1.03. The van der Waals surface area contributed by atoms with Crippen LogP contribution in [0.1, 0.15) is 96.6 Å². The van der Waals surface area contributed by atoms with Gasteiger partial charge in [0.05, 0.1) is 12.0 Å². The first kappa shape index (κ1) is 37.6. The highest BCUT2D eigenvalue weighted by atomic mass is 16.5. The van der Waals surface area contributed by atoms with Crippen LogP contribution in [0.2, 0.25) is 0 Å². The first-order chi connectivity index (χ1) is 23.9. The van der Waals surface area contributed by atoms with Crippen molar-refractivity contribution < 1.29 is 29.0 Å². The molecule has 3 heterocycles. The predicted molar refractivity (Wildman–Crippen MR) is 192 cm³/mol. The van der Waals surface area contributed by atoms with Crippen LogP contribution in [0.25, 0.3) is 5.57 Å². The van der Waals surface area contributed by atoms with Gasteiger partial charge in [0, 0.05) is 26.1 Å². The van der Waals surface area contributed by atoms with Gasteiger partial charge in [-0.05, 0) is 98.6 Å². The molecule has 4 N–H and O–H groups in total. The minimum absolute atomic E-state index is 0.0102. The van der Waals surface area contributed by atoms with Gasteiger partial charge in [-0.25, -0.2) is 5.43 Å². The molecule has 1 aromatic carbocycles. The zero-order chi connectivity index (χ0) is 36.1. The largest absolute Gasteiger partial charge is 0.508 e. The van der Waals surface area contributed by atoms with Crippen LogP contribution in [0.15, 0.2) is 36.9 Å². The Morgan fingerprint density at radius 3 is 2.56 bits per heavy atom. The van der Waals surface area contributed by atoms with Crippen LogP contribution < -0.4 is 16.1 Å². The summed E-state index contributed by atoms with van der Waals surface area (Å²) in [6.45, 7) is 14.5. The van der Waals surface area contributed by atoms with E-state index in [-0.39, 0.29) is 47.8 Å². The average molecular weight is 692 g/mol. The number of ether oxygens (including phenoxy) is 1. The van der Waals surface area contributed by atoms with Crippen molar-refractivity contribution in [3.05, 3.63) is 48.1 Å². The summed E-state index contributed by atoms with van der Waals surface area (Å²) in [4.78, 5) is 57.8. The van der Waals surface area contributed by atoms with E-state index in [1.54, 1.807) is 23.1 Å². The number of esters is 1. The minimum Gasteiger partial charge on any atom is -0.508 e. The second-order valence-corrected chi connectivity index (χ2v) is 15.5. The summed E-state index contributed by atoms with van der Waals surface area (Å²) in [6.07, 6.45) is 10.8. The molecule has 1 aliphatic carbocycles. The monoisotopic (exact) mass is 691 g/mol. The SMILES string of the molecule is C=C/C(=C\C)c1cc(O)cc(C[C@H](NC(=O)[C@H](C2CCCC2)N2CC[C@]3(CCNC3)C2=O)C(=O)N2CCC[C@@H](C(=O)OCC(C)(C)CC)N2)c1. The highest BCUT2D eigenvalue weighted by Gasteiger charge is 2.53. The van der Waals surface area contributed by atoms with E-state index in [0.717, 1.165) is 56.2 Å². The molecule has 5 rings (SSSR count). The van der Waals surface area contributed by atoms with Crippen LogP contribution in [0.5, 0.6) is 5.75 Å². The normalized spacial score (nSPS) is 24.4. The number of hydrazine groups is 1. The molecule has 0 aromatic heterocycles. The lowest BCUT2D eigenvalue weighted by Crippen LogP contribution is -2.62. The molecule has 0 radical (unpaired) electrons. The summed E-state index contributed by atoms with van der Waals surface area (Å²) in [5, 5.41) is 18.6. The molecule has 4 aliphatic rings. The molecular weight excluding hydrogens is 634 g/mol. The molecule has 11 heteroatoms. The van der Waals surface area contributed by atoms with E-state index < -0.39 is 29.5 Å². The molecule has 3 amide bonds. The number of amides is 3. The summed E-state index contributed by atoms with van der Waals surface area (Å²) < 4.78 is 5.66. The Bertz CT molecular complexity index is 1460. The number of carbonyl (C=O) groups excluding carboxylic acids is 4. The molecule has 3 aliphatic heterocycles. The summed E-state index contributed by atoms with van der Waals surface area (Å²) in [6, 6.07) is 2.73. The zero-order valence-corrected chi connectivity index (χ0v) is 30.4. The summed E-state index contributed by atoms with van der Waals surface area (Å²) in [5.41, 5.74) is 4.69. The van der Waals surface area contributed by atoms with E-state index in [1.807, 2.05) is 32.9 Å². The number of nitrogens with one attached hydrogen (secondary N) is 3. The Kier molecular flexibility index (Phi) is 12.1. The van der Waals surface area contributed by atoms with Crippen molar-refractivity contribution in [2.75, 3.05) is 32.8 Å². The maximum absolute atomic E-state index is 14.5. The smallest absolute Gasteiger partial charge is 0.324 e. The molecule has 50 heavy (non-hydrogen) atoms. The highest BCUT2D eigenvalue weighted by Crippen LogP contribution is 2.41. The van der Waals surface area contributed by atoms with Crippen molar-refractivity contribution in [3.63, 3.8) is 0 Å². The number of phenolic OH excluding ortho intramolecular Hbond substituents is 1. The lowest BCUT2D eigenvalue weighted by atomic mass is 9.85. The topological polar surface area (TPSA) is 140 Å². The Hall–Kier alpha value is -3.70. The third-order valence-electron chi connectivity index (χ3n) is 11.4. The van der Waals surface area contributed by atoms with Gasteiger partial charge >= 0.3 is 5.97 Å². The van der Waals surface area contributed by atoms with E-state index in [9.17, 15) is 24.3 Å². The molecule has 1 spiro atoms. The number of rotatable bonds is 13. The predicted octanol–water partition coefficient (Wildman–Crippen LogP) is 4.25. The van der Waals surface area contributed by atoms with Crippen molar-refractivity contribution in [1.82, 2.24) is 26.0 Å². The number of carbonyl (C=O) groups is 4. The van der Waals surface area contributed by atoms with Gasteiger partial charge in [-0.2, -0.15) is 0 Å². The van der Waals surface area contributed by atoms with E-state index in [4.69, 9.17) is 4.74 Å². The molecule has 0 unspecified atom stereocenters. The first-order valence-electron chi connectivity index (χ1n) is 18.6. The first-order valence-corrected chi connectivity index (χ1v) is 18.6. The fourth-order valence-electron chi connectivity index (χ4n) is 7.96. The Labute approximate surface area is 297 Å². The number of phenols is 1. The molecule has 1 aromatic rings. The van der Waals surface area contributed by atoms with Crippen LogP contribution >= 0.6 is 0 Å². The van der Waals surface area contributed by atoms with Crippen LogP contribution in [0.4, 0.5) is 0 Å². The molecule has 0 bridgehead atoms. The van der Waals surface area contributed by atoms with Crippen molar-refractivity contribution in [2.45, 2.75) is 110 Å². The summed E-state index contributed by atoms with van der Waals surface area (Å²) in [5.74, 6) is -1.05. The zero-order valence-electron chi connectivity index (χ0n) is 30.4. The van der Waals surface area contributed by atoms with Gasteiger partial charge in [-0.15, -0.1) is 0 Å². The van der Waals surface area contributed by atoms with E-state index in [0.29, 0.717) is 44.5 Å². The van der Waals surface area contributed by atoms with Gasteiger partial charge in [-0.1, -0.05) is 58.4 Å². The number of allylic oxidation sites excluding steroid dienone is 3. The Morgan fingerprint density at radius 1 is 1.14 bits per heavy atom. The summed E-state index contributed by atoms with van der Waals surface area (Å²) in [7, 11) is 0. The van der Waals surface area contributed by atoms with Gasteiger partial charge in [0.25, 0.3) is 5.91 Å². The van der Waals surface area contributed by atoms with Crippen molar-refractivity contribution in [3.8, 4) is 5.75 Å². The lowest BCUT2D eigenvalue weighted by Gasteiger charge is -2.37. The molecular formula is C39H57N5O6. The van der Waals surface area contributed by atoms with Gasteiger partial charge < -0.3 is 25.4 Å². The van der Waals surface area contributed by atoms with E-state index in [1.165, 1.54) is 5.01 Å². The molecule has 4 atom stereocenters. The van der Waals surface area contributed by atoms with Crippen molar-refractivity contribution in [1.29, 1.82) is 0 Å². The maximum Gasteiger partial charge on any atom is 0.324 e. The van der Waals surface area contributed by atoms with E-state index >= 15 is 0 Å². The average Bonchev–Trinajstić information content (AvgIpc) is 3.88. The Balaban J connectivity index is 1.41. The maximum atomic E-state index is 14.5.